The molecule has 0 aromatic heterocycles. The van der Waals surface area contributed by atoms with Crippen LogP contribution in [0.1, 0.15) is 40.7 Å². The Morgan fingerprint density at radius 1 is 1.22 bits per heavy atom. The minimum atomic E-state index is -0.448. The van der Waals surface area contributed by atoms with Crippen molar-refractivity contribution in [3.05, 3.63) is 71.6 Å². The number of allylic oxidation sites excluding steroid dienone is 1. The molecule has 27 heavy (non-hydrogen) atoms. The smallest absolute Gasteiger partial charge is 0.252 e. The third kappa shape index (κ3) is 3.68. The maximum Gasteiger partial charge on any atom is 0.252 e. The van der Waals surface area contributed by atoms with Gasteiger partial charge in [-0.3, -0.25) is 4.79 Å². The van der Waals surface area contributed by atoms with E-state index in [2.05, 4.69) is 11.9 Å². The Morgan fingerprint density at radius 3 is 2.44 bits per heavy atom. The Balaban J connectivity index is 1.92. The normalized spacial score (nSPS) is 14.8. The fourth-order valence-corrected chi connectivity index (χ4v) is 3.56. The van der Waals surface area contributed by atoms with Crippen molar-refractivity contribution in [2.24, 2.45) is 0 Å². The molecule has 0 saturated heterocycles. The van der Waals surface area contributed by atoms with Gasteiger partial charge in [-0.25, -0.2) is 4.39 Å². The first-order valence-electron chi connectivity index (χ1n) is 8.97. The average molecular weight is 369 g/mol. The van der Waals surface area contributed by atoms with Gasteiger partial charge >= 0.3 is 0 Å². The van der Waals surface area contributed by atoms with Crippen molar-refractivity contribution in [2.75, 3.05) is 14.2 Å². The second kappa shape index (κ2) is 7.82. The van der Waals surface area contributed by atoms with Crippen LogP contribution in [-0.2, 0) is 12.0 Å². The van der Waals surface area contributed by atoms with Crippen LogP contribution in [0.15, 0.2) is 49.1 Å². The average Bonchev–Trinajstić information content (AvgIpc) is 2.65. The lowest BCUT2D eigenvalue weighted by molar-refractivity contribution is 0.0822. The SMILES string of the molecule is C=CCc1cc(C(=O)NC2(c3ccc(F)cc3)CCC2)cc(OC)c1OC. The maximum atomic E-state index is 13.3. The van der Waals surface area contributed by atoms with Gasteiger partial charge in [-0.05, 0) is 55.5 Å². The Labute approximate surface area is 159 Å². The van der Waals surface area contributed by atoms with Crippen molar-refractivity contribution in [3.8, 4) is 11.5 Å². The Bertz CT molecular complexity index is 841. The van der Waals surface area contributed by atoms with Crippen LogP contribution in [-0.4, -0.2) is 20.1 Å². The molecule has 1 N–H and O–H groups in total. The van der Waals surface area contributed by atoms with E-state index in [9.17, 15) is 9.18 Å². The monoisotopic (exact) mass is 369 g/mol. The van der Waals surface area contributed by atoms with E-state index in [0.717, 1.165) is 30.4 Å². The molecule has 0 atom stereocenters. The van der Waals surface area contributed by atoms with E-state index in [4.69, 9.17) is 9.47 Å². The number of rotatable bonds is 7. The lowest BCUT2D eigenvalue weighted by Crippen LogP contribution is -2.50. The number of nitrogens with one attached hydrogen (secondary N) is 1. The second-order valence-corrected chi connectivity index (χ2v) is 6.76. The highest BCUT2D eigenvalue weighted by molar-refractivity contribution is 5.96. The number of benzene rings is 2. The summed E-state index contributed by atoms with van der Waals surface area (Å²) in [6, 6.07) is 9.83. The summed E-state index contributed by atoms with van der Waals surface area (Å²) < 4.78 is 24.1. The van der Waals surface area contributed by atoms with Crippen molar-refractivity contribution in [1.29, 1.82) is 0 Å². The van der Waals surface area contributed by atoms with E-state index < -0.39 is 5.54 Å². The summed E-state index contributed by atoms with van der Waals surface area (Å²) in [6.45, 7) is 3.76. The molecule has 3 rings (SSSR count). The molecule has 5 heteroatoms. The first-order chi connectivity index (χ1) is 13.0. The van der Waals surface area contributed by atoms with Crippen molar-refractivity contribution in [1.82, 2.24) is 5.32 Å². The predicted molar refractivity (Wildman–Crippen MR) is 103 cm³/mol. The fourth-order valence-electron chi connectivity index (χ4n) is 3.56. The molecule has 2 aromatic carbocycles. The van der Waals surface area contributed by atoms with E-state index in [1.165, 1.54) is 12.1 Å². The van der Waals surface area contributed by atoms with E-state index in [-0.39, 0.29) is 11.7 Å². The molecule has 142 valence electrons. The fraction of sp³-hybridized carbons (Fsp3) is 0.318. The summed E-state index contributed by atoms with van der Waals surface area (Å²) in [5, 5.41) is 3.16. The number of carbonyl (C=O) groups is 1. The predicted octanol–water partition coefficient (Wildman–Crippen LogP) is 4.38. The molecule has 0 spiro atoms. The zero-order valence-electron chi connectivity index (χ0n) is 15.7. The van der Waals surface area contributed by atoms with Crippen LogP contribution >= 0.6 is 0 Å². The third-order valence-electron chi connectivity index (χ3n) is 5.14. The quantitative estimate of drug-likeness (QED) is 0.737. The van der Waals surface area contributed by atoms with Crippen LogP contribution in [0.2, 0.25) is 0 Å². The van der Waals surface area contributed by atoms with Gasteiger partial charge in [-0.2, -0.15) is 0 Å². The number of amides is 1. The van der Waals surface area contributed by atoms with Gasteiger partial charge in [-0.15, -0.1) is 6.58 Å². The van der Waals surface area contributed by atoms with E-state index in [0.29, 0.717) is 23.5 Å². The Hall–Kier alpha value is -2.82. The van der Waals surface area contributed by atoms with Gasteiger partial charge in [0.15, 0.2) is 11.5 Å². The van der Waals surface area contributed by atoms with Gasteiger partial charge < -0.3 is 14.8 Å². The lowest BCUT2D eigenvalue weighted by atomic mass is 9.71. The molecule has 1 aliphatic rings. The number of hydrogen-bond acceptors (Lipinski definition) is 3. The Kier molecular flexibility index (Phi) is 5.49. The van der Waals surface area contributed by atoms with Crippen molar-refractivity contribution in [2.45, 2.75) is 31.2 Å². The zero-order chi connectivity index (χ0) is 19.4. The number of methoxy groups -OCH3 is 2. The number of carbonyl (C=O) groups excluding carboxylic acids is 1. The Morgan fingerprint density at radius 2 is 1.93 bits per heavy atom. The maximum absolute atomic E-state index is 13.3. The summed E-state index contributed by atoms with van der Waals surface area (Å²) in [7, 11) is 3.12. The molecule has 0 heterocycles. The molecule has 0 bridgehead atoms. The summed E-state index contributed by atoms with van der Waals surface area (Å²) in [4.78, 5) is 13.0. The molecule has 0 radical (unpaired) electrons. The van der Waals surface area contributed by atoms with Gasteiger partial charge in [0.25, 0.3) is 5.91 Å². The highest BCUT2D eigenvalue weighted by Gasteiger charge is 2.40. The lowest BCUT2D eigenvalue weighted by Gasteiger charge is -2.43. The standard InChI is InChI=1S/C22H24FNO3/c1-4-6-15-13-16(14-19(26-2)20(15)27-3)21(25)24-22(11-5-12-22)17-7-9-18(23)10-8-17/h4,7-10,13-14H,1,5-6,11-12H2,2-3H3,(H,24,25). The van der Waals surface area contributed by atoms with Gasteiger partial charge in [-0.1, -0.05) is 18.2 Å². The van der Waals surface area contributed by atoms with Crippen molar-refractivity contribution >= 4 is 5.91 Å². The van der Waals surface area contributed by atoms with Gasteiger partial charge in [0.2, 0.25) is 0 Å². The molecule has 1 fully saturated rings. The van der Waals surface area contributed by atoms with Crippen LogP contribution in [0.5, 0.6) is 11.5 Å². The molecule has 2 aromatic rings. The summed E-state index contributed by atoms with van der Waals surface area (Å²) >= 11 is 0. The van der Waals surface area contributed by atoms with Crippen molar-refractivity contribution < 1.29 is 18.7 Å². The van der Waals surface area contributed by atoms with Crippen LogP contribution in [0.25, 0.3) is 0 Å². The highest BCUT2D eigenvalue weighted by Crippen LogP contribution is 2.42. The second-order valence-electron chi connectivity index (χ2n) is 6.76. The molecule has 1 aliphatic carbocycles. The molecular weight excluding hydrogens is 345 g/mol. The van der Waals surface area contributed by atoms with E-state index in [1.807, 2.05) is 0 Å². The van der Waals surface area contributed by atoms with Crippen LogP contribution < -0.4 is 14.8 Å². The molecule has 0 aliphatic heterocycles. The van der Waals surface area contributed by atoms with Gasteiger partial charge in [0.1, 0.15) is 5.82 Å². The van der Waals surface area contributed by atoms with Crippen LogP contribution in [0.3, 0.4) is 0 Å². The first kappa shape index (κ1) is 19.0. The van der Waals surface area contributed by atoms with Crippen LogP contribution in [0, 0.1) is 5.82 Å². The summed E-state index contributed by atoms with van der Waals surface area (Å²) in [6.07, 6.45) is 4.99. The molecule has 1 saturated carbocycles. The molecular formula is C22H24FNO3. The molecule has 1 amide bonds. The zero-order valence-corrected chi connectivity index (χ0v) is 15.7. The van der Waals surface area contributed by atoms with Crippen LogP contribution in [0.4, 0.5) is 4.39 Å². The molecule has 0 unspecified atom stereocenters. The third-order valence-corrected chi connectivity index (χ3v) is 5.14. The largest absolute Gasteiger partial charge is 0.493 e. The van der Waals surface area contributed by atoms with E-state index >= 15 is 0 Å². The summed E-state index contributed by atoms with van der Waals surface area (Å²) in [5.41, 5.74) is 1.81. The van der Waals surface area contributed by atoms with Crippen molar-refractivity contribution in [3.63, 3.8) is 0 Å². The van der Waals surface area contributed by atoms with E-state index in [1.54, 1.807) is 44.6 Å². The first-order valence-corrected chi connectivity index (χ1v) is 8.97. The van der Waals surface area contributed by atoms with Gasteiger partial charge in [0, 0.05) is 11.1 Å². The van der Waals surface area contributed by atoms with Gasteiger partial charge in [0.05, 0.1) is 19.8 Å². The molecule has 4 nitrogen and oxygen atoms in total. The number of halogens is 1. The minimum Gasteiger partial charge on any atom is -0.493 e. The summed E-state index contributed by atoms with van der Waals surface area (Å²) in [5.74, 6) is 0.635. The number of hydrogen-bond donors (Lipinski definition) is 1. The highest BCUT2D eigenvalue weighted by atomic mass is 19.1. The minimum absolute atomic E-state index is 0.190. The number of ether oxygens (including phenoxy) is 2. The topological polar surface area (TPSA) is 47.6 Å².